The van der Waals surface area contributed by atoms with E-state index in [9.17, 15) is 4.79 Å². The van der Waals surface area contributed by atoms with Crippen molar-refractivity contribution in [2.24, 2.45) is 0 Å². The van der Waals surface area contributed by atoms with Gasteiger partial charge in [0.1, 0.15) is 0 Å². The van der Waals surface area contributed by atoms with Crippen LogP contribution in [0.5, 0.6) is 11.5 Å². The summed E-state index contributed by atoms with van der Waals surface area (Å²) in [4.78, 5) is 12.0. The van der Waals surface area contributed by atoms with E-state index in [2.05, 4.69) is 15.9 Å². The molecule has 0 spiro atoms. The zero-order chi connectivity index (χ0) is 14.5. The van der Waals surface area contributed by atoms with Gasteiger partial charge in [-0.15, -0.1) is 0 Å². The molecule has 0 fully saturated rings. The molecule has 0 aromatic heterocycles. The van der Waals surface area contributed by atoms with E-state index in [0.29, 0.717) is 17.1 Å². The number of Topliss-reactive ketones (excluding diaryl/α,β-unsaturated/α-hetero) is 1. The van der Waals surface area contributed by atoms with Crippen LogP contribution < -0.4 is 9.47 Å². The van der Waals surface area contributed by atoms with Crippen LogP contribution in [0.3, 0.4) is 0 Å². The Morgan fingerprint density at radius 1 is 1.10 bits per heavy atom. The molecule has 20 heavy (non-hydrogen) atoms. The number of hydrogen-bond acceptors (Lipinski definition) is 3. The minimum absolute atomic E-state index is 0.0128. The molecule has 4 heteroatoms. The molecule has 0 saturated heterocycles. The van der Waals surface area contributed by atoms with Gasteiger partial charge >= 0.3 is 0 Å². The molecule has 0 N–H and O–H groups in total. The SMILES string of the molecule is COc1cc(C)ccc1OCC(=O)c1ccc(Br)cc1. The Morgan fingerprint density at radius 2 is 1.80 bits per heavy atom. The summed E-state index contributed by atoms with van der Waals surface area (Å²) in [5.74, 6) is 1.14. The number of ketones is 1. The fourth-order valence-electron chi connectivity index (χ4n) is 1.76. The molecule has 3 nitrogen and oxygen atoms in total. The van der Waals surface area contributed by atoms with E-state index in [1.807, 2.05) is 37.3 Å². The largest absolute Gasteiger partial charge is 0.493 e. The van der Waals surface area contributed by atoms with Crippen molar-refractivity contribution >= 4 is 21.7 Å². The molecule has 0 radical (unpaired) electrons. The molecule has 0 heterocycles. The number of hydrogen-bond donors (Lipinski definition) is 0. The van der Waals surface area contributed by atoms with Crippen molar-refractivity contribution < 1.29 is 14.3 Å². The Bertz CT molecular complexity index is 606. The van der Waals surface area contributed by atoms with Crippen molar-refractivity contribution in [2.75, 3.05) is 13.7 Å². The van der Waals surface area contributed by atoms with Gasteiger partial charge in [0.15, 0.2) is 23.9 Å². The van der Waals surface area contributed by atoms with Crippen molar-refractivity contribution in [1.29, 1.82) is 0 Å². The van der Waals surface area contributed by atoms with Crippen LogP contribution in [-0.4, -0.2) is 19.5 Å². The Balaban J connectivity index is 2.05. The maximum atomic E-state index is 12.0. The van der Waals surface area contributed by atoms with E-state index in [1.54, 1.807) is 19.2 Å². The molecule has 2 aromatic carbocycles. The van der Waals surface area contributed by atoms with Crippen molar-refractivity contribution in [2.45, 2.75) is 6.92 Å². The first kappa shape index (κ1) is 14.6. The zero-order valence-corrected chi connectivity index (χ0v) is 12.9. The second kappa shape index (κ2) is 6.57. The highest BCUT2D eigenvalue weighted by Gasteiger charge is 2.09. The Kier molecular flexibility index (Phi) is 4.79. The van der Waals surface area contributed by atoms with Crippen LogP contribution in [-0.2, 0) is 0 Å². The van der Waals surface area contributed by atoms with Gasteiger partial charge < -0.3 is 9.47 Å². The van der Waals surface area contributed by atoms with E-state index >= 15 is 0 Å². The smallest absolute Gasteiger partial charge is 0.200 e. The number of carbonyl (C=O) groups excluding carboxylic acids is 1. The summed E-state index contributed by atoms with van der Waals surface area (Å²) in [5, 5.41) is 0. The summed E-state index contributed by atoms with van der Waals surface area (Å²) in [7, 11) is 1.58. The third-order valence-electron chi connectivity index (χ3n) is 2.84. The van der Waals surface area contributed by atoms with Crippen LogP contribution in [0, 0.1) is 6.92 Å². The summed E-state index contributed by atoms with van der Waals surface area (Å²) in [6.45, 7) is 1.96. The number of aryl methyl sites for hydroxylation is 1. The highest BCUT2D eigenvalue weighted by molar-refractivity contribution is 9.10. The van der Waals surface area contributed by atoms with E-state index in [1.165, 1.54) is 0 Å². The van der Waals surface area contributed by atoms with Gasteiger partial charge in [-0.25, -0.2) is 0 Å². The van der Waals surface area contributed by atoms with E-state index in [4.69, 9.17) is 9.47 Å². The van der Waals surface area contributed by atoms with Gasteiger partial charge in [-0.1, -0.05) is 34.1 Å². The second-order valence-electron chi connectivity index (χ2n) is 4.37. The molecule has 0 aliphatic rings. The maximum absolute atomic E-state index is 12.0. The molecule has 0 aliphatic carbocycles. The first-order chi connectivity index (χ1) is 9.60. The van der Waals surface area contributed by atoms with E-state index in [-0.39, 0.29) is 12.4 Å². The fourth-order valence-corrected chi connectivity index (χ4v) is 2.02. The summed E-state index contributed by atoms with van der Waals surface area (Å²) in [6, 6.07) is 12.8. The number of halogens is 1. The molecule has 0 bridgehead atoms. The standard InChI is InChI=1S/C16H15BrO3/c1-11-3-8-15(16(9-11)19-2)20-10-14(18)12-4-6-13(17)7-5-12/h3-9H,10H2,1-2H3. The van der Waals surface area contributed by atoms with Gasteiger partial charge in [0.25, 0.3) is 0 Å². The fraction of sp³-hybridized carbons (Fsp3) is 0.188. The van der Waals surface area contributed by atoms with Crippen LogP contribution in [0.1, 0.15) is 15.9 Å². The molecule has 2 aromatic rings. The summed E-state index contributed by atoms with van der Waals surface area (Å²) in [5.41, 5.74) is 1.70. The number of rotatable bonds is 5. The monoisotopic (exact) mass is 334 g/mol. The van der Waals surface area contributed by atoms with Gasteiger partial charge in [0, 0.05) is 10.0 Å². The van der Waals surface area contributed by atoms with Gasteiger partial charge in [0.05, 0.1) is 7.11 Å². The van der Waals surface area contributed by atoms with Gasteiger partial charge in [-0.05, 0) is 36.8 Å². The third kappa shape index (κ3) is 3.61. The summed E-state index contributed by atoms with van der Waals surface area (Å²) < 4.78 is 11.7. The molecule has 0 amide bonds. The van der Waals surface area contributed by atoms with Gasteiger partial charge in [-0.2, -0.15) is 0 Å². The van der Waals surface area contributed by atoms with E-state index < -0.39 is 0 Å². The third-order valence-corrected chi connectivity index (χ3v) is 3.37. The molecular formula is C16H15BrO3. The first-order valence-corrected chi connectivity index (χ1v) is 6.95. The van der Waals surface area contributed by atoms with Crippen molar-refractivity contribution in [1.82, 2.24) is 0 Å². The summed E-state index contributed by atoms with van der Waals surface area (Å²) >= 11 is 3.34. The van der Waals surface area contributed by atoms with Crippen LogP contribution in [0.25, 0.3) is 0 Å². The minimum atomic E-state index is -0.0693. The topological polar surface area (TPSA) is 35.5 Å². The van der Waals surface area contributed by atoms with Crippen LogP contribution in [0.2, 0.25) is 0 Å². The Hall–Kier alpha value is -1.81. The average molecular weight is 335 g/mol. The number of ether oxygens (including phenoxy) is 2. The number of methoxy groups -OCH3 is 1. The second-order valence-corrected chi connectivity index (χ2v) is 5.29. The molecule has 2 rings (SSSR count). The molecule has 104 valence electrons. The highest BCUT2D eigenvalue weighted by Crippen LogP contribution is 2.27. The van der Waals surface area contributed by atoms with Crippen LogP contribution in [0.4, 0.5) is 0 Å². The molecule has 0 atom stereocenters. The first-order valence-electron chi connectivity index (χ1n) is 6.16. The molecular weight excluding hydrogens is 320 g/mol. The lowest BCUT2D eigenvalue weighted by molar-refractivity contribution is 0.0919. The lowest BCUT2D eigenvalue weighted by atomic mass is 10.1. The lowest BCUT2D eigenvalue weighted by Crippen LogP contribution is -2.12. The van der Waals surface area contributed by atoms with Crippen molar-refractivity contribution in [3.05, 3.63) is 58.1 Å². The quantitative estimate of drug-likeness (QED) is 0.774. The minimum Gasteiger partial charge on any atom is -0.493 e. The van der Waals surface area contributed by atoms with Crippen LogP contribution >= 0.6 is 15.9 Å². The van der Waals surface area contributed by atoms with E-state index in [0.717, 1.165) is 10.0 Å². The number of carbonyl (C=O) groups is 1. The molecule has 0 aliphatic heterocycles. The van der Waals surface area contributed by atoms with Gasteiger partial charge in [-0.3, -0.25) is 4.79 Å². The van der Waals surface area contributed by atoms with Crippen LogP contribution in [0.15, 0.2) is 46.9 Å². The summed E-state index contributed by atoms with van der Waals surface area (Å²) in [6.07, 6.45) is 0. The lowest BCUT2D eigenvalue weighted by Gasteiger charge is -2.10. The maximum Gasteiger partial charge on any atom is 0.200 e. The van der Waals surface area contributed by atoms with Gasteiger partial charge in [0.2, 0.25) is 0 Å². The molecule has 0 saturated carbocycles. The normalized spacial score (nSPS) is 10.2. The van der Waals surface area contributed by atoms with Crippen molar-refractivity contribution in [3.63, 3.8) is 0 Å². The molecule has 0 unspecified atom stereocenters. The predicted octanol–water partition coefficient (Wildman–Crippen LogP) is 4.03. The Labute approximate surface area is 126 Å². The van der Waals surface area contributed by atoms with Crippen molar-refractivity contribution in [3.8, 4) is 11.5 Å². The zero-order valence-electron chi connectivity index (χ0n) is 11.4. The number of benzene rings is 2. The highest BCUT2D eigenvalue weighted by atomic mass is 79.9. The predicted molar refractivity (Wildman–Crippen MR) is 81.7 cm³/mol. The Morgan fingerprint density at radius 3 is 2.45 bits per heavy atom. The average Bonchev–Trinajstić information content (AvgIpc) is 2.46.